The lowest BCUT2D eigenvalue weighted by atomic mass is 10.2. The summed E-state index contributed by atoms with van der Waals surface area (Å²) in [4.78, 5) is 46.0. The molecule has 0 aliphatic carbocycles. The monoisotopic (exact) mass is 514 g/mol. The molecule has 1 aromatic heterocycles. The van der Waals surface area contributed by atoms with Gasteiger partial charge >= 0.3 is 17.9 Å². The molecule has 0 atom stereocenters. The van der Waals surface area contributed by atoms with Crippen molar-refractivity contribution in [2.24, 2.45) is 0 Å². The highest BCUT2D eigenvalue weighted by molar-refractivity contribution is 5.72. The Balaban J connectivity index is 1.90. The molecule has 0 unspecified atom stereocenters. The van der Waals surface area contributed by atoms with E-state index in [0.717, 1.165) is 5.56 Å². The SMILES string of the molecule is COC(=O)CN1CCN(CC(=O)O)Cc2ccc(OCc3ccccc3)c(n2)CN(CC(=O)OC)CC1. The van der Waals surface area contributed by atoms with Crippen LogP contribution in [0.2, 0.25) is 0 Å². The molecule has 1 N–H and O–H groups in total. The van der Waals surface area contributed by atoms with Crippen LogP contribution in [-0.2, 0) is 43.6 Å². The molecule has 1 aliphatic heterocycles. The first kappa shape index (κ1) is 28.0. The zero-order valence-corrected chi connectivity index (χ0v) is 21.3. The summed E-state index contributed by atoms with van der Waals surface area (Å²) >= 11 is 0. The Hall–Kier alpha value is -3.54. The van der Waals surface area contributed by atoms with Crippen molar-refractivity contribution in [1.29, 1.82) is 0 Å². The van der Waals surface area contributed by atoms with Gasteiger partial charge in [0.15, 0.2) is 0 Å². The lowest BCUT2D eigenvalue weighted by Gasteiger charge is -2.30. The van der Waals surface area contributed by atoms with Crippen LogP contribution in [0.25, 0.3) is 0 Å². The minimum atomic E-state index is -0.945. The van der Waals surface area contributed by atoms with Crippen molar-refractivity contribution in [1.82, 2.24) is 19.7 Å². The molecule has 0 spiro atoms. The van der Waals surface area contributed by atoms with Gasteiger partial charge in [0.2, 0.25) is 0 Å². The number of aliphatic carboxylic acids is 1. The van der Waals surface area contributed by atoms with Crippen molar-refractivity contribution < 1.29 is 33.7 Å². The van der Waals surface area contributed by atoms with E-state index in [1.54, 1.807) is 4.90 Å². The number of esters is 2. The predicted molar refractivity (Wildman–Crippen MR) is 134 cm³/mol. The van der Waals surface area contributed by atoms with Gasteiger partial charge in [-0.25, -0.2) is 0 Å². The number of carbonyl (C=O) groups is 3. The molecule has 1 aromatic carbocycles. The summed E-state index contributed by atoms with van der Waals surface area (Å²) in [5, 5.41) is 9.42. The van der Waals surface area contributed by atoms with Crippen LogP contribution in [0.15, 0.2) is 42.5 Å². The van der Waals surface area contributed by atoms with Gasteiger partial charge in [-0.05, 0) is 17.7 Å². The normalized spacial score (nSPS) is 15.7. The molecule has 11 nitrogen and oxygen atoms in total. The fourth-order valence-corrected chi connectivity index (χ4v) is 3.99. The zero-order chi connectivity index (χ0) is 26.6. The topological polar surface area (TPSA) is 122 Å². The maximum Gasteiger partial charge on any atom is 0.319 e. The van der Waals surface area contributed by atoms with Crippen LogP contribution in [0, 0.1) is 0 Å². The van der Waals surface area contributed by atoms with Crippen molar-refractivity contribution in [2.75, 3.05) is 60.0 Å². The number of aromatic nitrogens is 1. The van der Waals surface area contributed by atoms with Crippen molar-refractivity contribution in [3.05, 3.63) is 59.4 Å². The number of methoxy groups -OCH3 is 2. The molecule has 2 aromatic rings. The third-order valence-corrected chi connectivity index (χ3v) is 5.97. The number of carbonyl (C=O) groups excluding carboxylic acids is 2. The van der Waals surface area contributed by atoms with Crippen LogP contribution < -0.4 is 4.74 Å². The number of ether oxygens (including phenoxy) is 3. The van der Waals surface area contributed by atoms with Crippen molar-refractivity contribution in [3.8, 4) is 5.75 Å². The molecule has 0 saturated heterocycles. The summed E-state index contributed by atoms with van der Waals surface area (Å²) in [6, 6.07) is 13.4. The fraction of sp³-hybridized carbons (Fsp3) is 0.462. The fourth-order valence-electron chi connectivity index (χ4n) is 3.99. The molecular weight excluding hydrogens is 480 g/mol. The number of hydrogen-bond acceptors (Lipinski definition) is 10. The summed E-state index contributed by atoms with van der Waals surface area (Å²) in [5.41, 5.74) is 2.32. The quantitative estimate of drug-likeness (QED) is 0.483. The first-order chi connectivity index (χ1) is 17.9. The second kappa shape index (κ2) is 14.3. The average Bonchev–Trinajstić information content (AvgIpc) is 2.88. The smallest absolute Gasteiger partial charge is 0.319 e. The van der Waals surface area contributed by atoms with Crippen LogP contribution in [0.1, 0.15) is 17.0 Å². The molecule has 1 aliphatic rings. The second-order valence-corrected chi connectivity index (χ2v) is 8.77. The lowest BCUT2D eigenvalue weighted by molar-refractivity contribution is -0.144. The highest BCUT2D eigenvalue weighted by atomic mass is 16.5. The Kier molecular flexibility index (Phi) is 10.8. The average molecular weight is 515 g/mol. The first-order valence-electron chi connectivity index (χ1n) is 12.0. The van der Waals surface area contributed by atoms with Crippen molar-refractivity contribution in [3.63, 3.8) is 0 Å². The van der Waals surface area contributed by atoms with Gasteiger partial charge in [-0.2, -0.15) is 0 Å². The number of pyridine rings is 1. The van der Waals surface area contributed by atoms with Gasteiger partial charge < -0.3 is 19.3 Å². The van der Waals surface area contributed by atoms with E-state index in [1.165, 1.54) is 14.2 Å². The zero-order valence-electron chi connectivity index (χ0n) is 21.3. The number of carboxylic acids is 1. The van der Waals surface area contributed by atoms with Gasteiger partial charge in [0.1, 0.15) is 12.4 Å². The third-order valence-electron chi connectivity index (χ3n) is 5.97. The molecule has 2 heterocycles. The number of carboxylic acid groups (broad SMARTS) is 1. The van der Waals surface area contributed by atoms with Crippen LogP contribution in [0.3, 0.4) is 0 Å². The van der Waals surface area contributed by atoms with Crippen LogP contribution in [0.4, 0.5) is 0 Å². The second-order valence-electron chi connectivity index (χ2n) is 8.77. The molecule has 0 saturated carbocycles. The van der Waals surface area contributed by atoms with Crippen LogP contribution in [0.5, 0.6) is 5.75 Å². The van der Waals surface area contributed by atoms with E-state index in [0.29, 0.717) is 63.0 Å². The molecular formula is C26H34N4O7. The maximum atomic E-state index is 12.2. The summed E-state index contributed by atoms with van der Waals surface area (Å²) in [6.07, 6.45) is 0. The lowest BCUT2D eigenvalue weighted by Crippen LogP contribution is -2.44. The van der Waals surface area contributed by atoms with Crippen LogP contribution >= 0.6 is 0 Å². The Morgan fingerprint density at radius 3 is 2.03 bits per heavy atom. The number of fused-ring (bicyclic) bond motifs is 2. The standard InChI is InChI=1S/C26H34N4O7/c1-35-25(33)17-28-10-12-29(16-24(31)32)14-21-8-9-23(37-19-20-6-4-3-5-7-20)22(27-21)15-30(13-11-28)18-26(34)36-2/h3-9H,10-19H2,1-2H3,(H,31,32). The number of hydrogen-bond donors (Lipinski definition) is 1. The highest BCUT2D eigenvalue weighted by Gasteiger charge is 2.22. The summed E-state index contributed by atoms with van der Waals surface area (Å²) in [7, 11) is 2.67. The largest absolute Gasteiger partial charge is 0.487 e. The Morgan fingerprint density at radius 2 is 1.41 bits per heavy atom. The summed E-state index contributed by atoms with van der Waals surface area (Å²) < 4.78 is 15.8. The van der Waals surface area contributed by atoms with E-state index in [-0.39, 0.29) is 31.6 Å². The summed E-state index contributed by atoms with van der Waals surface area (Å²) in [5.74, 6) is -1.14. The van der Waals surface area contributed by atoms with E-state index < -0.39 is 5.97 Å². The minimum absolute atomic E-state index is 0.0394. The number of rotatable bonds is 9. The molecule has 3 rings (SSSR count). The number of nitrogens with zero attached hydrogens (tertiary/aromatic N) is 4. The highest BCUT2D eigenvalue weighted by Crippen LogP contribution is 2.22. The van der Waals surface area contributed by atoms with Gasteiger partial charge in [-0.1, -0.05) is 30.3 Å². The maximum absolute atomic E-state index is 12.2. The Bertz CT molecular complexity index is 1050. The van der Waals surface area contributed by atoms with Gasteiger partial charge in [-0.3, -0.25) is 34.1 Å². The van der Waals surface area contributed by atoms with E-state index in [9.17, 15) is 19.5 Å². The Labute approximate surface area is 216 Å². The Morgan fingerprint density at radius 1 is 0.811 bits per heavy atom. The molecule has 0 radical (unpaired) electrons. The molecule has 0 amide bonds. The molecule has 200 valence electrons. The number of benzene rings is 1. The van der Waals surface area contributed by atoms with Gasteiger partial charge in [0.05, 0.1) is 45.2 Å². The van der Waals surface area contributed by atoms with E-state index in [1.807, 2.05) is 52.3 Å². The van der Waals surface area contributed by atoms with Crippen molar-refractivity contribution in [2.45, 2.75) is 19.7 Å². The first-order valence-corrected chi connectivity index (χ1v) is 12.0. The van der Waals surface area contributed by atoms with Crippen molar-refractivity contribution >= 4 is 17.9 Å². The minimum Gasteiger partial charge on any atom is -0.487 e. The molecule has 2 bridgehead atoms. The molecule has 0 fully saturated rings. The predicted octanol–water partition coefficient (Wildman–Crippen LogP) is 1.01. The van der Waals surface area contributed by atoms with Gasteiger partial charge in [0, 0.05) is 39.3 Å². The van der Waals surface area contributed by atoms with Gasteiger partial charge in [0.25, 0.3) is 0 Å². The van der Waals surface area contributed by atoms with E-state index >= 15 is 0 Å². The molecule has 37 heavy (non-hydrogen) atoms. The van der Waals surface area contributed by atoms with Crippen LogP contribution in [-0.4, -0.2) is 103 Å². The van der Waals surface area contributed by atoms with Gasteiger partial charge in [-0.15, -0.1) is 0 Å². The molecule has 11 heteroatoms. The third kappa shape index (κ3) is 9.45. The van der Waals surface area contributed by atoms with E-state index in [2.05, 4.69) is 0 Å². The van der Waals surface area contributed by atoms with E-state index in [4.69, 9.17) is 19.2 Å². The summed E-state index contributed by atoms with van der Waals surface area (Å²) in [6.45, 7) is 2.63.